The molecule has 10 nitrogen and oxygen atoms in total. The van der Waals surface area contributed by atoms with Crippen LogP contribution in [0.2, 0.25) is 0 Å². The minimum absolute atomic E-state index is 0.0244. The number of alkyl halides is 3. The number of sulfone groups is 1. The van der Waals surface area contributed by atoms with Crippen LogP contribution < -0.4 is 14.9 Å². The number of anilines is 4. The van der Waals surface area contributed by atoms with E-state index in [0.29, 0.717) is 11.8 Å². The molecule has 0 atom stereocenters. The fraction of sp³-hybridized carbons (Fsp3) is 0.250. The molecule has 188 valence electrons. The van der Waals surface area contributed by atoms with Crippen LogP contribution in [0.4, 0.5) is 36.3 Å². The van der Waals surface area contributed by atoms with Gasteiger partial charge in [-0.25, -0.2) is 26.8 Å². The second-order valence-corrected chi connectivity index (χ2v) is 11.4. The maximum absolute atomic E-state index is 13.6. The van der Waals surface area contributed by atoms with Crippen LogP contribution in [-0.2, 0) is 32.6 Å². The fourth-order valence-electron chi connectivity index (χ4n) is 3.02. The lowest BCUT2D eigenvalue weighted by Gasteiger charge is -2.23. The zero-order valence-electron chi connectivity index (χ0n) is 18.7. The molecule has 0 spiro atoms. The van der Waals surface area contributed by atoms with Crippen molar-refractivity contribution in [2.24, 2.45) is 0 Å². The van der Waals surface area contributed by atoms with Gasteiger partial charge in [-0.2, -0.15) is 18.2 Å². The molecule has 35 heavy (non-hydrogen) atoms. The number of rotatable bonds is 8. The van der Waals surface area contributed by atoms with Gasteiger partial charge in [-0.1, -0.05) is 12.1 Å². The van der Waals surface area contributed by atoms with Crippen molar-refractivity contribution in [3.63, 3.8) is 0 Å². The van der Waals surface area contributed by atoms with Gasteiger partial charge in [-0.15, -0.1) is 0 Å². The molecule has 0 saturated heterocycles. The van der Waals surface area contributed by atoms with Crippen LogP contribution in [0.1, 0.15) is 11.1 Å². The van der Waals surface area contributed by atoms with Crippen molar-refractivity contribution in [1.29, 1.82) is 0 Å². The Morgan fingerprint density at radius 1 is 0.971 bits per heavy atom. The molecule has 0 fully saturated rings. The van der Waals surface area contributed by atoms with Crippen molar-refractivity contribution in [3.05, 3.63) is 59.9 Å². The van der Waals surface area contributed by atoms with E-state index in [-0.39, 0.29) is 28.9 Å². The van der Waals surface area contributed by atoms with Crippen molar-refractivity contribution in [3.8, 4) is 0 Å². The smallest absolute Gasteiger partial charge is 0.355 e. The minimum Gasteiger partial charge on any atom is -0.355 e. The first-order valence-corrected chi connectivity index (χ1v) is 13.6. The molecule has 3 aromatic rings. The van der Waals surface area contributed by atoms with Gasteiger partial charge in [0.1, 0.15) is 11.4 Å². The first-order valence-electron chi connectivity index (χ1n) is 9.77. The molecule has 2 aromatic heterocycles. The van der Waals surface area contributed by atoms with Crippen LogP contribution in [-0.4, -0.2) is 51.3 Å². The number of nitrogens with zero attached hydrogens (tertiary/aromatic N) is 4. The summed E-state index contributed by atoms with van der Waals surface area (Å²) >= 11 is 0. The molecule has 0 saturated carbocycles. The molecule has 0 amide bonds. The highest BCUT2D eigenvalue weighted by Crippen LogP contribution is 2.36. The summed E-state index contributed by atoms with van der Waals surface area (Å²) in [5.74, 6) is -0.585. The van der Waals surface area contributed by atoms with Crippen molar-refractivity contribution in [2.45, 2.75) is 17.7 Å². The lowest BCUT2D eigenvalue weighted by atomic mass is 10.2. The Hall–Kier alpha value is -3.46. The van der Waals surface area contributed by atoms with E-state index in [4.69, 9.17) is 0 Å². The Morgan fingerprint density at radius 3 is 2.26 bits per heavy atom. The van der Waals surface area contributed by atoms with E-state index in [1.807, 2.05) is 0 Å². The number of hydrogen-bond donors (Lipinski definition) is 2. The van der Waals surface area contributed by atoms with Gasteiger partial charge < -0.3 is 10.2 Å². The number of benzene rings is 1. The molecule has 0 radical (unpaired) electrons. The maximum atomic E-state index is 13.6. The Bertz CT molecular complexity index is 1430. The topological polar surface area (TPSA) is 134 Å². The first kappa shape index (κ1) is 26.2. The largest absolute Gasteiger partial charge is 0.421 e. The monoisotopic (exact) mass is 530 g/mol. The fourth-order valence-corrected chi connectivity index (χ4v) is 4.14. The van der Waals surface area contributed by atoms with Gasteiger partial charge in [-0.05, 0) is 29.8 Å². The van der Waals surface area contributed by atoms with Gasteiger partial charge in [0, 0.05) is 31.7 Å². The third kappa shape index (κ3) is 7.26. The van der Waals surface area contributed by atoms with Gasteiger partial charge in [0.15, 0.2) is 14.9 Å². The van der Waals surface area contributed by atoms with Gasteiger partial charge in [0.05, 0.1) is 18.1 Å². The molecular formula is C20H21F3N6O4S2. The molecular weight excluding hydrogens is 509 g/mol. The second kappa shape index (κ2) is 9.65. The highest BCUT2D eigenvalue weighted by Gasteiger charge is 2.36. The van der Waals surface area contributed by atoms with Crippen LogP contribution in [0.25, 0.3) is 0 Å². The van der Waals surface area contributed by atoms with Crippen LogP contribution in [0, 0.1) is 0 Å². The SMILES string of the molecule is CN(Cc1cccc(NS(C)(=O)=O)c1)c1nc(Nc2ccc(S(C)(=O)=O)nc2)ncc1C(F)(F)F. The predicted octanol–water partition coefficient (Wildman–Crippen LogP) is 3.05. The summed E-state index contributed by atoms with van der Waals surface area (Å²) in [6.07, 6.45) is -0.916. The van der Waals surface area contributed by atoms with Gasteiger partial charge in [-0.3, -0.25) is 4.72 Å². The van der Waals surface area contributed by atoms with Crippen LogP contribution >= 0.6 is 0 Å². The Labute approximate surface area is 200 Å². The molecule has 2 heterocycles. The highest BCUT2D eigenvalue weighted by molar-refractivity contribution is 7.92. The van der Waals surface area contributed by atoms with Gasteiger partial charge in [0.25, 0.3) is 0 Å². The Morgan fingerprint density at radius 2 is 1.69 bits per heavy atom. The van der Waals surface area contributed by atoms with E-state index >= 15 is 0 Å². The third-order valence-electron chi connectivity index (χ3n) is 4.46. The van der Waals surface area contributed by atoms with Crippen molar-refractivity contribution >= 4 is 43.0 Å². The van der Waals surface area contributed by atoms with Crippen LogP contribution in [0.15, 0.2) is 53.8 Å². The van der Waals surface area contributed by atoms with Crippen molar-refractivity contribution in [1.82, 2.24) is 15.0 Å². The Balaban J connectivity index is 1.90. The molecule has 0 aliphatic heterocycles. The summed E-state index contributed by atoms with van der Waals surface area (Å²) in [5.41, 5.74) is -0.000634. The lowest BCUT2D eigenvalue weighted by Crippen LogP contribution is -2.23. The predicted molar refractivity (Wildman–Crippen MR) is 125 cm³/mol. The number of halogens is 3. The minimum atomic E-state index is -4.74. The quantitative estimate of drug-likeness (QED) is 0.451. The van der Waals surface area contributed by atoms with E-state index in [0.717, 1.165) is 12.5 Å². The average Bonchev–Trinajstić information content (AvgIpc) is 2.71. The standard InChI is InChI=1S/C20H21F3N6O4S2/c1-29(12-13-5-4-6-14(9-13)28-35(3,32)33)18-16(20(21,22)23)11-25-19(27-18)26-15-7-8-17(24-10-15)34(2,30)31/h4-11,28H,12H2,1-3H3,(H,25,26,27). The van der Waals surface area contributed by atoms with Gasteiger partial charge in [0.2, 0.25) is 16.0 Å². The molecule has 0 unspecified atom stereocenters. The number of aromatic nitrogens is 3. The van der Waals surface area contributed by atoms with Crippen LogP contribution in [0.3, 0.4) is 0 Å². The zero-order valence-corrected chi connectivity index (χ0v) is 20.3. The molecule has 1 aromatic carbocycles. The zero-order chi connectivity index (χ0) is 26.0. The summed E-state index contributed by atoms with van der Waals surface area (Å²) in [6.45, 7) is -0.0244. The third-order valence-corrected chi connectivity index (χ3v) is 6.07. The van der Waals surface area contributed by atoms with E-state index in [1.54, 1.807) is 12.1 Å². The number of sulfonamides is 1. The molecule has 0 aliphatic carbocycles. The molecule has 2 N–H and O–H groups in total. The highest BCUT2D eigenvalue weighted by atomic mass is 32.2. The molecule has 0 aliphatic rings. The summed E-state index contributed by atoms with van der Waals surface area (Å²) in [7, 11) is -5.64. The lowest BCUT2D eigenvalue weighted by molar-refractivity contribution is -0.137. The van der Waals surface area contributed by atoms with E-state index in [9.17, 15) is 30.0 Å². The molecule has 3 rings (SSSR count). The number of nitrogens with one attached hydrogen (secondary N) is 2. The van der Waals surface area contributed by atoms with Crippen molar-refractivity contribution < 1.29 is 30.0 Å². The number of hydrogen-bond acceptors (Lipinski definition) is 9. The summed E-state index contributed by atoms with van der Waals surface area (Å²) in [5, 5.41) is 2.54. The summed E-state index contributed by atoms with van der Waals surface area (Å²) < 4.78 is 89.2. The van der Waals surface area contributed by atoms with E-state index in [1.165, 1.54) is 42.4 Å². The van der Waals surface area contributed by atoms with Gasteiger partial charge >= 0.3 is 6.18 Å². The first-order chi connectivity index (χ1) is 16.1. The molecule has 0 bridgehead atoms. The summed E-state index contributed by atoms with van der Waals surface area (Å²) in [4.78, 5) is 12.8. The maximum Gasteiger partial charge on any atom is 0.421 e. The Kier molecular flexibility index (Phi) is 7.21. The summed E-state index contributed by atoms with van der Waals surface area (Å²) in [6, 6.07) is 8.84. The second-order valence-electron chi connectivity index (χ2n) is 7.64. The van der Waals surface area contributed by atoms with E-state index < -0.39 is 37.4 Å². The number of pyridine rings is 1. The normalized spacial score (nSPS) is 12.3. The van der Waals surface area contributed by atoms with E-state index in [2.05, 4.69) is 25.0 Å². The molecule has 15 heteroatoms. The average molecular weight is 531 g/mol. The van der Waals surface area contributed by atoms with Crippen molar-refractivity contribution in [2.75, 3.05) is 34.5 Å². The van der Waals surface area contributed by atoms with Crippen LogP contribution in [0.5, 0.6) is 0 Å².